The largest absolute Gasteiger partial charge is 0.493 e. The highest BCUT2D eigenvalue weighted by atomic mass is 32.2. The number of carbonyl (C=O) groups excluding carboxylic acids is 1. The van der Waals surface area contributed by atoms with Gasteiger partial charge >= 0.3 is 6.09 Å². The van der Waals surface area contributed by atoms with Gasteiger partial charge in [0.25, 0.3) is 0 Å². The molecular weight excluding hydrogens is 494 g/mol. The number of amides is 1. The van der Waals surface area contributed by atoms with Gasteiger partial charge in [-0.1, -0.05) is 12.1 Å². The number of hydrogen-bond donors (Lipinski definition) is 2. The van der Waals surface area contributed by atoms with Gasteiger partial charge in [-0.3, -0.25) is 4.98 Å². The van der Waals surface area contributed by atoms with Crippen molar-refractivity contribution in [2.45, 2.75) is 25.3 Å². The molecule has 0 spiro atoms. The Morgan fingerprint density at radius 3 is 2.65 bits per heavy atom. The van der Waals surface area contributed by atoms with Gasteiger partial charge in [0.15, 0.2) is 11.5 Å². The van der Waals surface area contributed by atoms with Crippen molar-refractivity contribution in [3.8, 4) is 11.5 Å². The van der Waals surface area contributed by atoms with Crippen molar-refractivity contribution in [1.82, 2.24) is 19.7 Å². The molecule has 2 N–H and O–H groups in total. The molecule has 0 aliphatic carbocycles. The second kappa shape index (κ2) is 11.1. The van der Waals surface area contributed by atoms with E-state index in [4.69, 9.17) is 14.2 Å². The summed E-state index contributed by atoms with van der Waals surface area (Å²) in [6, 6.07) is 14.2. The number of pyridine rings is 1. The number of rotatable bonds is 9. The van der Waals surface area contributed by atoms with Crippen molar-refractivity contribution in [2.24, 2.45) is 0 Å². The highest BCUT2D eigenvalue weighted by molar-refractivity contribution is 7.99. The van der Waals surface area contributed by atoms with Gasteiger partial charge in [-0.05, 0) is 55.6 Å². The van der Waals surface area contributed by atoms with E-state index in [9.17, 15) is 9.00 Å². The molecule has 2 aromatic heterocycles. The molecule has 0 saturated carbocycles. The van der Waals surface area contributed by atoms with E-state index in [-0.39, 0.29) is 13.2 Å². The van der Waals surface area contributed by atoms with Crippen LogP contribution in [0.4, 0.5) is 16.3 Å². The van der Waals surface area contributed by atoms with Crippen LogP contribution < -0.4 is 19.5 Å². The van der Waals surface area contributed by atoms with Crippen LogP contribution in [0.3, 0.4) is 0 Å². The first-order valence-electron chi connectivity index (χ1n) is 11.3. The maximum atomic E-state index is 12.9. The van der Waals surface area contributed by atoms with Gasteiger partial charge in [-0.25, -0.2) is 23.7 Å². The second-order valence-electron chi connectivity index (χ2n) is 7.99. The van der Waals surface area contributed by atoms with Crippen molar-refractivity contribution in [3.05, 3.63) is 72.3 Å². The monoisotopic (exact) mass is 521 g/mol. The highest BCUT2D eigenvalue weighted by Gasteiger charge is 2.15. The van der Waals surface area contributed by atoms with E-state index >= 15 is 0 Å². The molecule has 0 aliphatic heterocycles. The Hall–Kier alpha value is -4.38. The molecular formula is C26H27N5O5S. The number of nitrogens with zero attached hydrogens (tertiary/aromatic N) is 3. The van der Waals surface area contributed by atoms with E-state index in [1.807, 2.05) is 25.1 Å². The van der Waals surface area contributed by atoms with Crippen LogP contribution in [0.25, 0.3) is 10.9 Å². The predicted molar refractivity (Wildman–Crippen MR) is 143 cm³/mol. The molecule has 0 fully saturated rings. The molecule has 11 heteroatoms. The van der Waals surface area contributed by atoms with Crippen molar-refractivity contribution < 1.29 is 23.2 Å². The zero-order chi connectivity index (χ0) is 26.4. The lowest BCUT2D eigenvalue weighted by Crippen LogP contribution is -2.31. The van der Waals surface area contributed by atoms with E-state index in [0.717, 1.165) is 22.3 Å². The number of methoxy groups -OCH3 is 1. The average Bonchev–Trinajstić information content (AvgIpc) is 2.88. The first kappa shape index (κ1) is 25.7. The third-order valence-electron chi connectivity index (χ3n) is 5.29. The number of benzene rings is 2. The number of hydrogen-bond acceptors (Lipinski definition) is 9. The number of ether oxygens (including phenoxy) is 3. The van der Waals surface area contributed by atoms with Crippen molar-refractivity contribution in [1.29, 1.82) is 0 Å². The van der Waals surface area contributed by atoms with Crippen LogP contribution in [-0.4, -0.2) is 44.8 Å². The lowest BCUT2D eigenvalue weighted by Gasteiger charge is -2.15. The van der Waals surface area contributed by atoms with Gasteiger partial charge < -0.3 is 19.5 Å². The van der Waals surface area contributed by atoms with Crippen LogP contribution in [-0.2, 0) is 21.1 Å². The number of fused-ring (bicyclic) bond motifs is 1. The smallest absolute Gasteiger partial charge is 0.418 e. The molecule has 0 saturated heterocycles. The summed E-state index contributed by atoms with van der Waals surface area (Å²) in [7, 11) is -1.55. The molecule has 192 valence electrons. The van der Waals surface area contributed by atoms with Gasteiger partial charge in [0.1, 0.15) is 18.8 Å². The van der Waals surface area contributed by atoms with Gasteiger partial charge in [0, 0.05) is 17.1 Å². The minimum absolute atomic E-state index is 0.149. The molecule has 4 rings (SSSR count). The molecule has 1 atom stereocenters. The summed E-state index contributed by atoms with van der Waals surface area (Å²) < 4.78 is 31.7. The quantitative estimate of drug-likeness (QED) is 0.308. The van der Waals surface area contributed by atoms with Gasteiger partial charge in [-0.2, -0.15) is 0 Å². The van der Waals surface area contributed by atoms with Crippen LogP contribution in [0.2, 0.25) is 0 Å². The molecule has 1 unspecified atom stereocenters. The Bertz CT molecular complexity index is 1520. The number of carbonyl (C=O) groups is 1. The average molecular weight is 522 g/mol. The molecule has 10 nitrogen and oxygen atoms in total. The van der Waals surface area contributed by atoms with E-state index in [2.05, 4.69) is 30.9 Å². The number of nitrogens with one attached hydrogen (secondary N) is 2. The Balaban J connectivity index is 1.55. The lowest BCUT2D eigenvalue weighted by molar-refractivity contribution is 0.159. The predicted octanol–water partition coefficient (Wildman–Crippen LogP) is 4.40. The second-order valence-corrected chi connectivity index (χ2v) is 10.0. The molecule has 1 amide bonds. The lowest BCUT2D eigenvalue weighted by atomic mass is 10.2. The number of aryl methyl sites for hydroxylation is 1. The summed E-state index contributed by atoms with van der Waals surface area (Å²) in [5, 5.41) is 4.01. The number of aromatic nitrogens is 3. The standard InChI is InChI=1S/C26H27N5O5S/c1-5-35-26(32)31-37(4,33)20-8-6-7-18(11-20)15-36-24-13-22-21(12-23(24)34-3)25(29-16-28-22)30-19-10-9-17(2)27-14-19/h6-14,16H,4-5,15H2,1-3H3,(H,28,29,30)(H,31,32,33). The third kappa shape index (κ3) is 6.25. The highest BCUT2D eigenvalue weighted by Crippen LogP contribution is 2.35. The Morgan fingerprint density at radius 2 is 1.92 bits per heavy atom. The summed E-state index contributed by atoms with van der Waals surface area (Å²) in [4.78, 5) is 25.1. The van der Waals surface area contributed by atoms with Crippen LogP contribution >= 0.6 is 0 Å². The van der Waals surface area contributed by atoms with Crippen molar-refractivity contribution in [2.75, 3.05) is 19.0 Å². The van der Waals surface area contributed by atoms with Crippen LogP contribution in [0.1, 0.15) is 18.2 Å². The summed E-state index contributed by atoms with van der Waals surface area (Å²) >= 11 is 0. The van der Waals surface area contributed by atoms with Gasteiger partial charge in [-0.15, -0.1) is 0 Å². The van der Waals surface area contributed by atoms with E-state index < -0.39 is 15.8 Å². The zero-order valence-electron chi connectivity index (χ0n) is 20.7. The fourth-order valence-corrected chi connectivity index (χ4v) is 4.56. The minimum Gasteiger partial charge on any atom is -0.493 e. The summed E-state index contributed by atoms with van der Waals surface area (Å²) in [5.41, 5.74) is 3.09. The maximum absolute atomic E-state index is 12.9. The van der Waals surface area contributed by atoms with Crippen molar-refractivity contribution in [3.63, 3.8) is 0 Å². The van der Waals surface area contributed by atoms with Crippen LogP contribution in [0, 0.1) is 6.92 Å². The molecule has 0 aliphatic rings. The van der Waals surface area contributed by atoms with E-state index in [0.29, 0.717) is 27.7 Å². The fraction of sp³-hybridized carbons (Fsp3) is 0.192. The molecule has 0 bridgehead atoms. The maximum Gasteiger partial charge on any atom is 0.418 e. The first-order chi connectivity index (χ1) is 17.8. The van der Waals surface area contributed by atoms with Crippen LogP contribution in [0.15, 0.2) is 66.0 Å². The zero-order valence-corrected chi connectivity index (χ0v) is 21.5. The molecule has 0 radical (unpaired) electrons. The molecule has 2 heterocycles. The van der Waals surface area contributed by atoms with Crippen LogP contribution in [0.5, 0.6) is 11.5 Å². The van der Waals surface area contributed by atoms with E-state index in [1.165, 1.54) is 6.33 Å². The Kier molecular flexibility index (Phi) is 7.73. The summed E-state index contributed by atoms with van der Waals surface area (Å²) in [5.74, 6) is 5.23. The SMILES string of the molecule is C=S(=O)(NC(=O)OCC)c1cccc(COc2cc3ncnc(Nc4ccc(C)nc4)c3cc2OC)c1. The van der Waals surface area contributed by atoms with Gasteiger partial charge in [0.2, 0.25) is 0 Å². The first-order valence-corrected chi connectivity index (χ1v) is 13.1. The molecule has 4 aromatic rings. The van der Waals surface area contributed by atoms with Gasteiger partial charge in [0.05, 0.1) is 45.7 Å². The summed E-state index contributed by atoms with van der Waals surface area (Å²) in [6.07, 6.45) is 2.41. The molecule has 2 aromatic carbocycles. The minimum atomic E-state index is -3.10. The normalized spacial score (nSPS) is 12.4. The van der Waals surface area contributed by atoms with Crippen molar-refractivity contribution >= 4 is 44.1 Å². The van der Waals surface area contributed by atoms with E-state index in [1.54, 1.807) is 50.6 Å². The summed E-state index contributed by atoms with van der Waals surface area (Å²) in [6.45, 7) is 3.89. The Labute approximate surface area is 215 Å². The Morgan fingerprint density at radius 1 is 1.08 bits per heavy atom. The topological polar surface area (TPSA) is 125 Å². The fourth-order valence-electron chi connectivity index (χ4n) is 3.47. The number of anilines is 2. The molecule has 37 heavy (non-hydrogen) atoms. The third-order valence-corrected chi connectivity index (χ3v) is 6.80.